The Hall–Kier alpha value is -2.32. The number of ether oxygens (including phenoxy) is 1. The van der Waals surface area contributed by atoms with E-state index in [0.717, 1.165) is 36.5 Å². The van der Waals surface area contributed by atoms with Crippen LogP contribution in [0.2, 0.25) is 0 Å². The van der Waals surface area contributed by atoms with E-state index in [1.807, 2.05) is 0 Å². The highest BCUT2D eigenvalue weighted by molar-refractivity contribution is 5.73. The van der Waals surface area contributed by atoms with Gasteiger partial charge in [-0.05, 0) is 37.8 Å². The average Bonchev–Trinajstić information content (AvgIpc) is 3.12. The Kier molecular flexibility index (Phi) is 4.92. The highest BCUT2D eigenvalue weighted by Gasteiger charge is 2.27. The Morgan fingerprint density at radius 1 is 1.15 bits per heavy atom. The van der Waals surface area contributed by atoms with Crippen molar-refractivity contribution >= 4 is 5.82 Å². The van der Waals surface area contributed by atoms with Gasteiger partial charge in [-0.3, -0.25) is 0 Å². The van der Waals surface area contributed by atoms with Crippen molar-refractivity contribution in [2.75, 3.05) is 5.32 Å². The van der Waals surface area contributed by atoms with Crippen LogP contribution in [-0.4, -0.2) is 32.6 Å². The lowest BCUT2D eigenvalue weighted by molar-refractivity contribution is 0.124. The zero-order valence-electron chi connectivity index (χ0n) is 14.7. The van der Waals surface area contributed by atoms with Gasteiger partial charge in [0.25, 0.3) is 6.43 Å². The minimum atomic E-state index is -2.65. The van der Waals surface area contributed by atoms with Crippen LogP contribution in [0.15, 0.2) is 18.2 Å². The van der Waals surface area contributed by atoms with Crippen LogP contribution in [0, 0.1) is 0 Å². The summed E-state index contributed by atoms with van der Waals surface area (Å²) in [6.07, 6.45) is 0.423. The van der Waals surface area contributed by atoms with E-state index >= 15 is 0 Å². The van der Waals surface area contributed by atoms with E-state index in [4.69, 9.17) is 4.74 Å². The Morgan fingerprint density at radius 3 is 2.70 bits per heavy atom. The van der Waals surface area contributed by atoms with Crippen LogP contribution in [0.1, 0.15) is 48.8 Å². The van der Waals surface area contributed by atoms with Crippen molar-refractivity contribution in [3.63, 3.8) is 0 Å². The SMILES string of the molecule is Oc1cc(C(F)F)ccc1-c1nnc(N[C@@H]2CCC[C@H](O)C2)c2c1COC2. The van der Waals surface area contributed by atoms with E-state index in [0.29, 0.717) is 36.7 Å². The van der Waals surface area contributed by atoms with Crippen LogP contribution >= 0.6 is 0 Å². The molecule has 4 rings (SSSR count). The highest BCUT2D eigenvalue weighted by atomic mass is 19.3. The van der Waals surface area contributed by atoms with E-state index in [1.54, 1.807) is 0 Å². The molecule has 2 aromatic rings. The summed E-state index contributed by atoms with van der Waals surface area (Å²) in [5, 5.41) is 31.9. The number of aromatic hydroxyl groups is 1. The summed E-state index contributed by atoms with van der Waals surface area (Å²) in [6, 6.07) is 3.89. The first-order valence-corrected chi connectivity index (χ1v) is 9.05. The summed E-state index contributed by atoms with van der Waals surface area (Å²) >= 11 is 0. The lowest BCUT2D eigenvalue weighted by Gasteiger charge is -2.27. The number of alkyl halides is 2. The number of phenols is 1. The quantitative estimate of drug-likeness (QED) is 0.756. The molecule has 0 spiro atoms. The number of benzene rings is 1. The van der Waals surface area contributed by atoms with Gasteiger partial charge in [0.15, 0.2) is 5.82 Å². The molecule has 144 valence electrons. The minimum Gasteiger partial charge on any atom is -0.507 e. The van der Waals surface area contributed by atoms with Gasteiger partial charge < -0.3 is 20.3 Å². The number of anilines is 1. The number of nitrogens with one attached hydrogen (secondary N) is 1. The molecule has 1 saturated carbocycles. The number of hydrogen-bond donors (Lipinski definition) is 3. The van der Waals surface area contributed by atoms with Crippen LogP contribution in [0.3, 0.4) is 0 Å². The first-order chi connectivity index (χ1) is 13.0. The maximum atomic E-state index is 12.8. The van der Waals surface area contributed by atoms with E-state index in [-0.39, 0.29) is 23.5 Å². The van der Waals surface area contributed by atoms with Crippen molar-refractivity contribution < 1.29 is 23.7 Å². The Labute approximate surface area is 155 Å². The third kappa shape index (κ3) is 3.59. The van der Waals surface area contributed by atoms with Gasteiger partial charge in [0.2, 0.25) is 0 Å². The summed E-state index contributed by atoms with van der Waals surface area (Å²) in [5.74, 6) is 0.362. The van der Waals surface area contributed by atoms with Crippen molar-refractivity contribution in [2.45, 2.75) is 57.5 Å². The molecule has 6 nitrogen and oxygen atoms in total. The predicted octanol–water partition coefficient (Wildman–Crippen LogP) is 3.53. The fraction of sp³-hybridized carbons (Fsp3) is 0.474. The van der Waals surface area contributed by atoms with Crippen LogP contribution in [0.4, 0.5) is 14.6 Å². The number of aromatic nitrogens is 2. The second kappa shape index (κ2) is 7.36. The van der Waals surface area contributed by atoms with E-state index < -0.39 is 6.43 Å². The average molecular weight is 377 g/mol. The van der Waals surface area contributed by atoms with Gasteiger partial charge in [0, 0.05) is 28.3 Å². The van der Waals surface area contributed by atoms with Crippen LogP contribution in [-0.2, 0) is 18.0 Å². The number of nitrogens with zero attached hydrogens (tertiary/aromatic N) is 2. The summed E-state index contributed by atoms with van der Waals surface area (Å²) < 4.78 is 31.2. The molecule has 2 aliphatic rings. The zero-order valence-corrected chi connectivity index (χ0v) is 14.7. The molecule has 8 heteroatoms. The van der Waals surface area contributed by atoms with Gasteiger partial charge in [0.05, 0.1) is 19.3 Å². The molecule has 1 aromatic heterocycles. The van der Waals surface area contributed by atoms with Crippen LogP contribution < -0.4 is 5.32 Å². The molecule has 1 fully saturated rings. The van der Waals surface area contributed by atoms with E-state index in [1.165, 1.54) is 12.1 Å². The summed E-state index contributed by atoms with van der Waals surface area (Å²) in [7, 11) is 0. The lowest BCUT2D eigenvalue weighted by atomic mass is 9.93. The number of hydrogen-bond acceptors (Lipinski definition) is 6. The molecule has 2 heterocycles. The van der Waals surface area contributed by atoms with Crippen molar-refractivity contribution in [1.82, 2.24) is 10.2 Å². The fourth-order valence-corrected chi connectivity index (χ4v) is 3.78. The Bertz CT molecular complexity index is 847. The molecule has 2 atom stereocenters. The second-order valence-corrected chi connectivity index (χ2v) is 7.09. The normalized spacial score (nSPS) is 22.1. The molecule has 0 radical (unpaired) electrons. The maximum Gasteiger partial charge on any atom is 0.263 e. The van der Waals surface area contributed by atoms with Gasteiger partial charge in [-0.1, -0.05) is 6.07 Å². The van der Waals surface area contributed by atoms with Gasteiger partial charge in [-0.25, -0.2) is 8.78 Å². The predicted molar refractivity (Wildman–Crippen MR) is 94.5 cm³/mol. The molecular formula is C19H21F2N3O3. The molecule has 27 heavy (non-hydrogen) atoms. The van der Waals surface area contributed by atoms with Crippen molar-refractivity contribution in [3.8, 4) is 17.0 Å². The highest BCUT2D eigenvalue weighted by Crippen LogP contribution is 2.38. The lowest BCUT2D eigenvalue weighted by Crippen LogP contribution is -2.30. The molecule has 1 aliphatic carbocycles. The Balaban J connectivity index is 1.65. The smallest absolute Gasteiger partial charge is 0.263 e. The van der Waals surface area contributed by atoms with E-state index in [9.17, 15) is 19.0 Å². The standard InChI is InChI=1S/C19H21F2N3O3/c20-18(21)10-4-5-13(16(26)6-10)17-14-8-27-9-15(14)19(24-23-17)22-11-2-1-3-12(25)7-11/h4-6,11-12,18,25-26H,1-3,7-9H2,(H,22,24)/t11-,12+/m1/s1. The minimum absolute atomic E-state index is 0.123. The van der Waals surface area contributed by atoms with Crippen molar-refractivity contribution in [2.24, 2.45) is 0 Å². The summed E-state index contributed by atoms with van der Waals surface area (Å²) in [4.78, 5) is 0. The molecule has 0 bridgehead atoms. The number of halogens is 2. The van der Waals surface area contributed by atoms with Crippen molar-refractivity contribution in [1.29, 1.82) is 0 Å². The summed E-state index contributed by atoms with van der Waals surface area (Å²) in [5.41, 5.74) is 2.20. The first-order valence-electron chi connectivity index (χ1n) is 9.05. The number of phenolic OH excluding ortho intramolecular Hbond substituents is 1. The fourth-order valence-electron chi connectivity index (χ4n) is 3.78. The maximum absolute atomic E-state index is 12.8. The number of aliphatic hydroxyl groups excluding tert-OH is 1. The molecule has 0 saturated heterocycles. The number of rotatable bonds is 4. The first kappa shape index (κ1) is 18.1. The molecule has 1 aromatic carbocycles. The summed E-state index contributed by atoms with van der Waals surface area (Å²) in [6.45, 7) is 0.684. The molecule has 3 N–H and O–H groups in total. The Morgan fingerprint density at radius 2 is 1.96 bits per heavy atom. The van der Waals surface area contributed by atoms with Crippen LogP contribution in [0.5, 0.6) is 5.75 Å². The number of aliphatic hydroxyl groups is 1. The number of fused-ring (bicyclic) bond motifs is 1. The topological polar surface area (TPSA) is 87.5 Å². The van der Waals surface area contributed by atoms with Gasteiger partial charge in [-0.2, -0.15) is 0 Å². The second-order valence-electron chi connectivity index (χ2n) is 7.09. The third-order valence-corrected chi connectivity index (χ3v) is 5.20. The molecule has 1 aliphatic heterocycles. The van der Waals surface area contributed by atoms with Crippen LogP contribution in [0.25, 0.3) is 11.3 Å². The monoisotopic (exact) mass is 377 g/mol. The van der Waals surface area contributed by atoms with Crippen molar-refractivity contribution in [3.05, 3.63) is 34.9 Å². The largest absolute Gasteiger partial charge is 0.507 e. The van der Waals surface area contributed by atoms with Gasteiger partial charge >= 0.3 is 0 Å². The molecule has 0 unspecified atom stereocenters. The van der Waals surface area contributed by atoms with Gasteiger partial charge in [0.1, 0.15) is 11.4 Å². The van der Waals surface area contributed by atoms with E-state index in [2.05, 4.69) is 15.5 Å². The van der Waals surface area contributed by atoms with Gasteiger partial charge in [-0.15, -0.1) is 10.2 Å². The third-order valence-electron chi connectivity index (χ3n) is 5.20. The molecule has 0 amide bonds. The zero-order chi connectivity index (χ0) is 19.0. The molecular weight excluding hydrogens is 356 g/mol.